The molecule has 6 N–H and O–H groups in total. The van der Waals surface area contributed by atoms with Crippen LogP contribution in [0.2, 0.25) is 0 Å². The van der Waals surface area contributed by atoms with Gasteiger partial charge in [-0.15, -0.1) is 0 Å². The fraction of sp³-hybridized carbons (Fsp3) is 0.212. The van der Waals surface area contributed by atoms with E-state index in [-0.39, 0.29) is 13.2 Å². The highest BCUT2D eigenvalue weighted by Crippen LogP contribution is 2.33. The smallest absolute Gasteiger partial charge is 0.405 e. The predicted octanol–water partition coefficient (Wildman–Crippen LogP) is 4.53. The predicted molar refractivity (Wildman–Crippen MR) is 163 cm³/mol. The third-order valence-corrected chi connectivity index (χ3v) is 6.63. The maximum atomic E-state index is 11.9. The van der Waals surface area contributed by atoms with Gasteiger partial charge in [0.1, 0.15) is 23.7 Å². The van der Waals surface area contributed by atoms with Crippen molar-refractivity contribution in [2.75, 3.05) is 13.2 Å². The first-order chi connectivity index (χ1) is 21.5. The van der Waals surface area contributed by atoms with Crippen molar-refractivity contribution in [1.82, 2.24) is 0 Å². The van der Waals surface area contributed by atoms with Crippen LogP contribution in [0.5, 0.6) is 11.5 Å². The maximum Gasteiger partial charge on any atom is 0.405 e. The molecule has 236 valence electrons. The summed E-state index contributed by atoms with van der Waals surface area (Å²) in [7, 11) is 0. The summed E-state index contributed by atoms with van der Waals surface area (Å²) in [5, 5.41) is 18.6. The quantitative estimate of drug-likeness (QED) is 0.165. The zero-order valence-corrected chi connectivity index (χ0v) is 24.4. The summed E-state index contributed by atoms with van der Waals surface area (Å²) >= 11 is 0. The van der Waals surface area contributed by atoms with Crippen LogP contribution in [0.25, 0.3) is 0 Å². The van der Waals surface area contributed by atoms with Gasteiger partial charge in [0.2, 0.25) is 0 Å². The van der Waals surface area contributed by atoms with Crippen LogP contribution in [0.3, 0.4) is 0 Å². The molecular formula is C33H34N2O10. The van der Waals surface area contributed by atoms with Gasteiger partial charge in [-0.2, -0.15) is 0 Å². The lowest BCUT2D eigenvalue weighted by molar-refractivity contribution is -0.132. The number of aliphatic carboxylic acids is 2. The average Bonchev–Trinajstić information content (AvgIpc) is 3.00. The molecule has 0 aliphatic rings. The Balaban J connectivity index is 2.14. The molecule has 45 heavy (non-hydrogen) atoms. The monoisotopic (exact) mass is 618 g/mol. The first-order valence-electron chi connectivity index (χ1n) is 13.7. The van der Waals surface area contributed by atoms with Crippen LogP contribution >= 0.6 is 0 Å². The second-order valence-electron chi connectivity index (χ2n) is 9.77. The molecule has 0 fully saturated rings. The molecule has 3 aromatic carbocycles. The molecule has 4 unspecified atom stereocenters. The molecule has 12 heteroatoms. The van der Waals surface area contributed by atoms with Gasteiger partial charge in [0.05, 0.1) is 25.0 Å². The van der Waals surface area contributed by atoms with Crippen molar-refractivity contribution in [3.8, 4) is 11.5 Å². The highest BCUT2D eigenvalue weighted by Gasteiger charge is 2.31. The summed E-state index contributed by atoms with van der Waals surface area (Å²) < 4.78 is 22.7. The topological polar surface area (TPSA) is 198 Å². The van der Waals surface area contributed by atoms with E-state index in [1.807, 2.05) is 12.1 Å². The zero-order valence-electron chi connectivity index (χ0n) is 24.4. The van der Waals surface area contributed by atoms with Crippen molar-refractivity contribution in [3.05, 3.63) is 120 Å². The maximum absolute atomic E-state index is 11.9. The van der Waals surface area contributed by atoms with E-state index < -0.39 is 48.2 Å². The Morgan fingerprint density at radius 1 is 0.689 bits per heavy atom. The normalized spacial score (nSPS) is 13.8. The number of amides is 2. The van der Waals surface area contributed by atoms with E-state index in [2.05, 4.69) is 0 Å². The number of aryl methyl sites for hydroxylation is 1. The molecule has 0 aliphatic carbocycles. The number of hydrogen-bond acceptors (Lipinski definition) is 8. The molecule has 0 saturated heterocycles. The lowest BCUT2D eigenvalue weighted by Crippen LogP contribution is -2.32. The molecule has 0 saturated carbocycles. The summed E-state index contributed by atoms with van der Waals surface area (Å²) in [4.78, 5) is 46.6. The largest absolute Gasteiger partial charge is 0.493 e. The minimum atomic E-state index is -1.27. The highest BCUT2D eigenvalue weighted by molar-refractivity contribution is 5.80. The van der Waals surface area contributed by atoms with Crippen molar-refractivity contribution < 1.29 is 48.3 Å². The Labute approximate surface area is 259 Å². The summed E-state index contributed by atoms with van der Waals surface area (Å²) in [5.41, 5.74) is 12.5. The van der Waals surface area contributed by atoms with Crippen molar-refractivity contribution in [2.24, 2.45) is 11.5 Å². The van der Waals surface area contributed by atoms with Crippen LogP contribution in [-0.4, -0.2) is 59.8 Å². The van der Waals surface area contributed by atoms with E-state index in [4.69, 9.17) is 30.4 Å². The standard InChI is InChI=1S/C33H34N2O10/c1-21-12-13-22(26(19-42-23-8-4-2-5-9-23)28(44-32(34)40)14-16-30(36)37)18-25(21)27(20-43-24-10-6-3-7-11-24)29(45-33(35)41)15-17-31(38)39/h2-18,26-29H,19-20H2,1H3,(H2,34,40)(H2,35,41)(H,36,37)(H,38,39). The second-order valence-corrected chi connectivity index (χ2v) is 9.77. The number of nitrogens with two attached hydrogens (primary N) is 2. The number of carboxylic acids is 2. The molecule has 3 aromatic rings. The van der Waals surface area contributed by atoms with E-state index in [1.165, 1.54) is 12.2 Å². The van der Waals surface area contributed by atoms with E-state index in [0.717, 1.165) is 17.7 Å². The average molecular weight is 619 g/mol. The number of carboxylic acid groups (broad SMARTS) is 2. The van der Waals surface area contributed by atoms with Gasteiger partial charge in [-0.05, 0) is 60.0 Å². The number of ether oxygens (including phenoxy) is 4. The van der Waals surface area contributed by atoms with Gasteiger partial charge in [-0.1, -0.05) is 54.6 Å². The van der Waals surface area contributed by atoms with Crippen molar-refractivity contribution in [3.63, 3.8) is 0 Å². The Bertz CT molecular complexity index is 1510. The number of carbonyl (C=O) groups is 4. The number of carbonyl (C=O) groups excluding carboxylic acids is 2. The molecule has 4 atom stereocenters. The molecular weight excluding hydrogens is 584 g/mol. The molecule has 0 radical (unpaired) electrons. The van der Waals surface area contributed by atoms with E-state index >= 15 is 0 Å². The van der Waals surface area contributed by atoms with Gasteiger partial charge in [0.25, 0.3) is 0 Å². The molecule has 3 rings (SSSR count). The van der Waals surface area contributed by atoms with Gasteiger partial charge in [0, 0.05) is 12.2 Å². The van der Waals surface area contributed by atoms with E-state index in [0.29, 0.717) is 22.6 Å². The lowest BCUT2D eigenvalue weighted by Gasteiger charge is -2.29. The van der Waals surface area contributed by atoms with E-state index in [1.54, 1.807) is 73.7 Å². The Morgan fingerprint density at radius 2 is 1.13 bits per heavy atom. The molecule has 0 spiro atoms. The summed E-state index contributed by atoms with van der Waals surface area (Å²) in [6.45, 7) is 1.66. The van der Waals surface area contributed by atoms with Gasteiger partial charge in [-0.3, -0.25) is 0 Å². The highest BCUT2D eigenvalue weighted by atomic mass is 16.6. The molecule has 2 amide bonds. The Morgan fingerprint density at radius 3 is 1.58 bits per heavy atom. The minimum Gasteiger partial charge on any atom is -0.493 e. The number of primary amides is 2. The Kier molecular flexibility index (Phi) is 12.6. The van der Waals surface area contributed by atoms with E-state index in [9.17, 15) is 29.4 Å². The fourth-order valence-corrected chi connectivity index (χ4v) is 4.57. The molecule has 0 heterocycles. The fourth-order valence-electron chi connectivity index (χ4n) is 4.57. The van der Waals surface area contributed by atoms with Crippen molar-refractivity contribution in [2.45, 2.75) is 31.0 Å². The zero-order chi connectivity index (χ0) is 32.8. The summed E-state index contributed by atoms with van der Waals surface area (Å²) in [5.74, 6) is -3.08. The Hall–Kier alpha value is -5.78. The number of rotatable bonds is 16. The van der Waals surface area contributed by atoms with Crippen LogP contribution in [-0.2, 0) is 19.1 Å². The minimum absolute atomic E-state index is 0.0679. The van der Waals surface area contributed by atoms with Gasteiger partial charge >= 0.3 is 24.1 Å². The van der Waals surface area contributed by atoms with Crippen LogP contribution < -0.4 is 20.9 Å². The SMILES string of the molecule is Cc1ccc(C(COc2ccccc2)C(C=CC(=O)O)OC(N)=O)cc1C(COc1ccccc1)C(C=CC(=O)O)OC(N)=O. The molecule has 0 aromatic heterocycles. The van der Waals surface area contributed by atoms with Crippen LogP contribution in [0.1, 0.15) is 28.5 Å². The summed E-state index contributed by atoms with van der Waals surface area (Å²) in [6.07, 6.45) is -0.527. The number of benzene rings is 3. The van der Waals surface area contributed by atoms with Crippen molar-refractivity contribution >= 4 is 24.1 Å². The molecule has 0 bridgehead atoms. The van der Waals surface area contributed by atoms with Gasteiger partial charge in [-0.25, -0.2) is 19.2 Å². The lowest BCUT2D eigenvalue weighted by atomic mass is 9.85. The number of hydrogen-bond donors (Lipinski definition) is 4. The second kappa shape index (κ2) is 16.8. The van der Waals surface area contributed by atoms with Crippen LogP contribution in [0.15, 0.2) is 103 Å². The first kappa shape index (κ1) is 33.7. The third kappa shape index (κ3) is 11.1. The summed E-state index contributed by atoms with van der Waals surface area (Å²) in [6, 6.07) is 22.9. The third-order valence-electron chi connectivity index (χ3n) is 6.63. The van der Waals surface area contributed by atoms with Crippen molar-refractivity contribution in [1.29, 1.82) is 0 Å². The molecule has 12 nitrogen and oxygen atoms in total. The van der Waals surface area contributed by atoms with Gasteiger partial charge < -0.3 is 40.6 Å². The van der Waals surface area contributed by atoms with Gasteiger partial charge in [0.15, 0.2) is 0 Å². The number of para-hydroxylation sites is 2. The first-order valence-corrected chi connectivity index (χ1v) is 13.7. The van der Waals surface area contributed by atoms with Crippen LogP contribution in [0, 0.1) is 6.92 Å². The molecule has 0 aliphatic heterocycles. The van der Waals surface area contributed by atoms with Crippen LogP contribution in [0.4, 0.5) is 9.59 Å².